The van der Waals surface area contributed by atoms with Crippen LogP contribution in [0.15, 0.2) is 48.5 Å². The maximum Gasteiger partial charge on any atom is 0.304 e. The van der Waals surface area contributed by atoms with Gasteiger partial charge in [-0.1, -0.05) is 36.4 Å². The molecule has 0 saturated carbocycles. The molecule has 2 aromatic rings. The maximum absolute atomic E-state index is 13.7. The molecule has 1 heterocycles. The van der Waals surface area contributed by atoms with Crippen molar-refractivity contribution in [2.45, 2.75) is 18.9 Å². The van der Waals surface area contributed by atoms with Crippen LogP contribution in [-0.2, 0) is 6.54 Å². The van der Waals surface area contributed by atoms with Crippen LogP contribution in [-0.4, -0.2) is 22.9 Å². The fourth-order valence-electron chi connectivity index (χ4n) is 3.02. The van der Waals surface area contributed by atoms with E-state index in [0.29, 0.717) is 0 Å². The number of nitro groups is 1. The summed E-state index contributed by atoms with van der Waals surface area (Å²) in [6.45, 7) is 2.69. The van der Waals surface area contributed by atoms with E-state index in [2.05, 4.69) is 17.0 Å². The summed E-state index contributed by atoms with van der Waals surface area (Å²) in [6.07, 6.45) is 0.948. The summed E-state index contributed by atoms with van der Waals surface area (Å²) in [6, 6.07) is 14.5. The Morgan fingerprint density at radius 3 is 2.68 bits per heavy atom. The zero-order chi connectivity index (χ0) is 15.5. The highest BCUT2D eigenvalue weighted by molar-refractivity contribution is 5.36. The zero-order valence-corrected chi connectivity index (χ0v) is 12.1. The van der Waals surface area contributed by atoms with E-state index in [0.717, 1.165) is 31.6 Å². The Morgan fingerprint density at radius 2 is 2.00 bits per heavy atom. The van der Waals surface area contributed by atoms with E-state index >= 15 is 0 Å². The van der Waals surface area contributed by atoms with Crippen molar-refractivity contribution in [3.05, 3.63) is 75.6 Å². The van der Waals surface area contributed by atoms with Crippen LogP contribution in [0.1, 0.15) is 23.5 Å². The molecule has 1 saturated heterocycles. The summed E-state index contributed by atoms with van der Waals surface area (Å²) in [5.41, 5.74) is 1.65. The van der Waals surface area contributed by atoms with Gasteiger partial charge in [-0.05, 0) is 36.1 Å². The molecule has 2 aromatic carbocycles. The Labute approximate surface area is 128 Å². The number of hydrogen-bond donors (Lipinski definition) is 0. The van der Waals surface area contributed by atoms with Gasteiger partial charge in [0.05, 0.1) is 4.92 Å². The van der Waals surface area contributed by atoms with Gasteiger partial charge in [-0.25, -0.2) is 0 Å². The van der Waals surface area contributed by atoms with Crippen molar-refractivity contribution < 1.29 is 9.31 Å². The standard InChI is InChI=1S/C17H17FN2O2/c18-16-10-14(6-7-17(16)20(21)22)15-8-9-19(12-15)11-13-4-2-1-3-5-13/h1-7,10,15H,8-9,11-12H2/t15-/m0/s1. The molecule has 0 aliphatic carbocycles. The highest BCUT2D eigenvalue weighted by Crippen LogP contribution is 2.30. The van der Waals surface area contributed by atoms with Gasteiger partial charge in [0.25, 0.3) is 0 Å². The second-order valence-electron chi connectivity index (χ2n) is 5.67. The molecule has 0 radical (unpaired) electrons. The smallest absolute Gasteiger partial charge is 0.298 e. The van der Waals surface area contributed by atoms with Gasteiger partial charge in [-0.15, -0.1) is 0 Å². The normalized spacial score (nSPS) is 18.5. The van der Waals surface area contributed by atoms with Gasteiger partial charge < -0.3 is 0 Å². The highest BCUT2D eigenvalue weighted by Gasteiger charge is 2.25. The average Bonchev–Trinajstić information content (AvgIpc) is 2.96. The predicted molar refractivity (Wildman–Crippen MR) is 82.1 cm³/mol. The fraction of sp³-hybridized carbons (Fsp3) is 0.294. The summed E-state index contributed by atoms with van der Waals surface area (Å²) < 4.78 is 13.7. The molecule has 0 N–H and O–H groups in total. The van der Waals surface area contributed by atoms with Gasteiger partial charge in [0.2, 0.25) is 5.82 Å². The number of hydrogen-bond acceptors (Lipinski definition) is 3. The molecule has 1 fully saturated rings. The lowest BCUT2D eigenvalue weighted by atomic mass is 9.98. The Kier molecular flexibility index (Phi) is 4.15. The number of nitro benzene ring substituents is 1. The molecule has 1 aliphatic heterocycles. The largest absolute Gasteiger partial charge is 0.304 e. The first-order chi connectivity index (χ1) is 10.6. The number of likely N-dealkylation sites (tertiary alicyclic amines) is 1. The molecule has 0 bridgehead atoms. The zero-order valence-electron chi connectivity index (χ0n) is 12.1. The Balaban J connectivity index is 1.67. The second-order valence-corrected chi connectivity index (χ2v) is 5.67. The summed E-state index contributed by atoms with van der Waals surface area (Å²) in [5, 5.41) is 10.7. The third-order valence-electron chi connectivity index (χ3n) is 4.16. The van der Waals surface area contributed by atoms with Crippen molar-refractivity contribution in [1.29, 1.82) is 0 Å². The molecule has 1 atom stereocenters. The molecule has 0 amide bonds. The molecule has 1 aliphatic rings. The van der Waals surface area contributed by atoms with Crippen LogP contribution >= 0.6 is 0 Å². The number of nitrogens with zero attached hydrogens (tertiary/aromatic N) is 2. The van der Waals surface area contributed by atoms with E-state index in [1.807, 2.05) is 18.2 Å². The SMILES string of the molecule is O=[N+]([O-])c1ccc([C@H]2CCN(Cc3ccccc3)C2)cc1F. The molecule has 3 rings (SSSR count). The topological polar surface area (TPSA) is 46.4 Å². The first-order valence-corrected chi connectivity index (χ1v) is 7.33. The monoisotopic (exact) mass is 300 g/mol. The van der Waals surface area contributed by atoms with E-state index in [1.165, 1.54) is 17.7 Å². The van der Waals surface area contributed by atoms with Crippen molar-refractivity contribution >= 4 is 5.69 Å². The molecule has 0 aromatic heterocycles. The third-order valence-corrected chi connectivity index (χ3v) is 4.16. The van der Waals surface area contributed by atoms with E-state index in [1.54, 1.807) is 6.07 Å². The van der Waals surface area contributed by atoms with Crippen LogP contribution < -0.4 is 0 Å². The fourth-order valence-corrected chi connectivity index (χ4v) is 3.02. The lowest BCUT2D eigenvalue weighted by Gasteiger charge is -2.16. The first-order valence-electron chi connectivity index (χ1n) is 7.33. The lowest BCUT2D eigenvalue weighted by Crippen LogP contribution is -2.19. The minimum Gasteiger partial charge on any atom is -0.298 e. The van der Waals surface area contributed by atoms with Gasteiger partial charge in [-0.3, -0.25) is 15.0 Å². The van der Waals surface area contributed by atoms with Crippen LogP contribution in [0.4, 0.5) is 10.1 Å². The summed E-state index contributed by atoms with van der Waals surface area (Å²) in [5.74, 6) is -0.511. The minimum absolute atomic E-state index is 0.235. The van der Waals surface area contributed by atoms with Crippen LogP contribution in [0.3, 0.4) is 0 Å². The first kappa shape index (κ1) is 14.7. The lowest BCUT2D eigenvalue weighted by molar-refractivity contribution is -0.387. The molecule has 0 unspecified atom stereocenters. The van der Waals surface area contributed by atoms with Crippen molar-refractivity contribution in [1.82, 2.24) is 4.90 Å². The van der Waals surface area contributed by atoms with Crippen LogP contribution in [0.2, 0.25) is 0 Å². The summed E-state index contributed by atoms with van der Waals surface area (Å²) >= 11 is 0. The van der Waals surface area contributed by atoms with Gasteiger partial charge in [0, 0.05) is 19.2 Å². The number of rotatable bonds is 4. The van der Waals surface area contributed by atoms with E-state index < -0.39 is 16.4 Å². The molecule has 114 valence electrons. The molecular formula is C17H17FN2O2. The predicted octanol–water partition coefficient (Wildman–Crippen LogP) is 3.72. The van der Waals surface area contributed by atoms with Gasteiger partial charge in [0.1, 0.15) is 0 Å². The van der Waals surface area contributed by atoms with Gasteiger partial charge >= 0.3 is 5.69 Å². The van der Waals surface area contributed by atoms with Crippen molar-refractivity contribution in [2.24, 2.45) is 0 Å². The maximum atomic E-state index is 13.7. The molecular weight excluding hydrogens is 283 g/mol. The van der Waals surface area contributed by atoms with E-state index in [9.17, 15) is 14.5 Å². The van der Waals surface area contributed by atoms with Crippen molar-refractivity contribution in [2.75, 3.05) is 13.1 Å². The summed E-state index contributed by atoms with van der Waals surface area (Å²) in [7, 11) is 0. The van der Waals surface area contributed by atoms with Crippen LogP contribution in [0.25, 0.3) is 0 Å². The number of halogens is 1. The van der Waals surface area contributed by atoms with Crippen molar-refractivity contribution in [3.8, 4) is 0 Å². The summed E-state index contributed by atoms with van der Waals surface area (Å²) in [4.78, 5) is 12.3. The van der Waals surface area contributed by atoms with E-state index in [-0.39, 0.29) is 5.92 Å². The molecule has 4 nitrogen and oxygen atoms in total. The average molecular weight is 300 g/mol. The number of benzene rings is 2. The molecule has 0 spiro atoms. The second kappa shape index (κ2) is 6.23. The Hall–Kier alpha value is -2.27. The van der Waals surface area contributed by atoms with Crippen molar-refractivity contribution in [3.63, 3.8) is 0 Å². The van der Waals surface area contributed by atoms with Crippen LogP contribution in [0, 0.1) is 15.9 Å². The van der Waals surface area contributed by atoms with Crippen LogP contribution in [0.5, 0.6) is 0 Å². The molecule has 22 heavy (non-hydrogen) atoms. The Bertz CT molecular complexity index is 676. The Morgan fingerprint density at radius 1 is 1.23 bits per heavy atom. The molecule has 5 heteroatoms. The van der Waals surface area contributed by atoms with Gasteiger partial charge in [0.15, 0.2) is 0 Å². The quantitative estimate of drug-likeness (QED) is 0.638. The third kappa shape index (κ3) is 3.14. The minimum atomic E-state index is -0.746. The highest BCUT2D eigenvalue weighted by atomic mass is 19.1. The van der Waals surface area contributed by atoms with Gasteiger partial charge in [-0.2, -0.15) is 4.39 Å². The van der Waals surface area contributed by atoms with E-state index in [4.69, 9.17) is 0 Å².